The molecule has 0 aromatic heterocycles. The first-order chi connectivity index (χ1) is 12.2. The van der Waals surface area contributed by atoms with Crippen molar-refractivity contribution >= 4 is 21.9 Å². The van der Waals surface area contributed by atoms with Gasteiger partial charge in [-0.05, 0) is 42.9 Å². The molecule has 0 aliphatic heterocycles. The fourth-order valence-corrected chi connectivity index (χ4v) is 3.11. The molecule has 1 aromatic rings. The molecule has 0 spiro atoms. The lowest BCUT2D eigenvalue weighted by Gasteiger charge is -2.22. The van der Waals surface area contributed by atoms with Crippen LogP contribution < -0.4 is 0 Å². The summed E-state index contributed by atoms with van der Waals surface area (Å²) in [5.41, 5.74) is 1.26. The molecule has 138 valence electrons. The van der Waals surface area contributed by atoms with E-state index in [4.69, 9.17) is 9.47 Å². The number of ether oxygens (including phenoxy) is 2. The van der Waals surface area contributed by atoms with Crippen molar-refractivity contribution in [2.45, 2.75) is 45.6 Å². The lowest BCUT2D eigenvalue weighted by Crippen LogP contribution is -2.20. The molecule has 1 aliphatic rings. The maximum Gasteiger partial charge on any atom is 0.306 e. The molecule has 0 fully saturated rings. The van der Waals surface area contributed by atoms with Gasteiger partial charge in [-0.3, -0.25) is 4.79 Å². The molecule has 1 aliphatic carbocycles. The average molecular weight is 409 g/mol. The molecule has 0 amide bonds. The molecule has 4 heteroatoms. The molecular weight excluding hydrogens is 380 g/mol. The van der Waals surface area contributed by atoms with Crippen molar-refractivity contribution in [1.29, 1.82) is 0 Å². The van der Waals surface area contributed by atoms with Crippen molar-refractivity contribution < 1.29 is 14.3 Å². The van der Waals surface area contributed by atoms with Gasteiger partial charge in [0.25, 0.3) is 0 Å². The van der Waals surface area contributed by atoms with Gasteiger partial charge >= 0.3 is 5.97 Å². The van der Waals surface area contributed by atoms with Gasteiger partial charge in [-0.1, -0.05) is 66.2 Å². The third-order valence-electron chi connectivity index (χ3n) is 3.88. The topological polar surface area (TPSA) is 35.5 Å². The standard InChI is InChI=1S/C19H23BrO3.C2H6/c1-22-19(21)14-16-6-3-2-4-9-18(13-16)23-11-10-15-7-5-8-17(20)12-15;1-2/h2-8,12,16,18H,9-11,13-14H2,1H3;1-2H3/b4-2-,6-3?;/t16?,18-;/m1./s1. The number of esters is 1. The third kappa shape index (κ3) is 9.03. The first-order valence-electron chi connectivity index (χ1n) is 8.93. The van der Waals surface area contributed by atoms with Crippen LogP contribution in [0.2, 0.25) is 0 Å². The molecule has 0 bridgehead atoms. The van der Waals surface area contributed by atoms with Gasteiger partial charge in [-0.15, -0.1) is 0 Å². The summed E-state index contributed by atoms with van der Waals surface area (Å²) in [4.78, 5) is 11.5. The van der Waals surface area contributed by atoms with Crippen LogP contribution >= 0.6 is 15.9 Å². The molecule has 25 heavy (non-hydrogen) atoms. The molecule has 0 saturated heterocycles. The van der Waals surface area contributed by atoms with Crippen molar-refractivity contribution in [1.82, 2.24) is 0 Å². The summed E-state index contributed by atoms with van der Waals surface area (Å²) in [5, 5.41) is 0. The van der Waals surface area contributed by atoms with Crippen molar-refractivity contribution in [3.63, 3.8) is 0 Å². The second kappa shape index (κ2) is 12.9. The van der Waals surface area contributed by atoms with Gasteiger partial charge in [0.15, 0.2) is 0 Å². The zero-order valence-corrected chi connectivity index (χ0v) is 17.0. The number of hydrogen-bond acceptors (Lipinski definition) is 3. The maximum atomic E-state index is 11.5. The van der Waals surface area contributed by atoms with E-state index in [2.05, 4.69) is 40.2 Å². The van der Waals surface area contributed by atoms with Crippen LogP contribution in [0.15, 0.2) is 53.0 Å². The highest BCUT2D eigenvalue weighted by Crippen LogP contribution is 2.21. The van der Waals surface area contributed by atoms with E-state index in [1.165, 1.54) is 12.7 Å². The summed E-state index contributed by atoms with van der Waals surface area (Å²) in [6, 6.07) is 8.28. The summed E-state index contributed by atoms with van der Waals surface area (Å²) in [6.07, 6.45) is 11.4. The maximum absolute atomic E-state index is 11.5. The Morgan fingerprint density at radius 3 is 2.80 bits per heavy atom. The predicted octanol–water partition coefficient (Wildman–Crippen LogP) is 5.49. The summed E-state index contributed by atoms with van der Waals surface area (Å²) in [5.74, 6) is 0.000332. The number of carbonyl (C=O) groups is 1. The number of hydrogen-bond donors (Lipinski definition) is 0. The van der Waals surface area contributed by atoms with Gasteiger partial charge in [-0.25, -0.2) is 0 Å². The van der Waals surface area contributed by atoms with Crippen LogP contribution in [0.25, 0.3) is 0 Å². The molecule has 0 saturated carbocycles. The Kier molecular flexibility index (Phi) is 11.2. The number of allylic oxidation sites excluding steroid dienone is 3. The minimum Gasteiger partial charge on any atom is -0.469 e. The van der Waals surface area contributed by atoms with E-state index in [-0.39, 0.29) is 18.0 Å². The van der Waals surface area contributed by atoms with Gasteiger partial charge in [-0.2, -0.15) is 0 Å². The molecule has 0 N–H and O–H groups in total. The lowest BCUT2D eigenvalue weighted by atomic mass is 9.94. The van der Waals surface area contributed by atoms with Crippen LogP contribution in [0, 0.1) is 5.92 Å². The minimum absolute atomic E-state index is 0.137. The fourth-order valence-electron chi connectivity index (χ4n) is 2.66. The van der Waals surface area contributed by atoms with Gasteiger partial charge < -0.3 is 9.47 Å². The molecule has 2 atom stereocenters. The number of halogens is 1. The largest absolute Gasteiger partial charge is 0.469 e. The van der Waals surface area contributed by atoms with Crippen LogP contribution in [-0.2, 0) is 20.7 Å². The van der Waals surface area contributed by atoms with E-state index in [9.17, 15) is 4.79 Å². The number of benzene rings is 1. The van der Waals surface area contributed by atoms with E-state index in [0.717, 1.165) is 23.7 Å². The molecule has 0 radical (unpaired) electrons. The average Bonchev–Trinajstić information content (AvgIpc) is 2.60. The Morgan fingerprint density at radius 1 is 1.28 bits per heavy atom. The Labute approximate surface area is 160 Å². The third-order valence-corrected chi connectivity index (χ3v) is 4.38. The van der Waals surface area contributed by atoms with Gasteiger partial charge in [0.1, 0.15) is 0 Å². The quantitative estimate of drug-likeness (QED) is 0.583. The van der Waals surface area contributed by atoms with E-state index < -0.39 is 0 Å². The number of methoxy groups -OCH3 is 1. The smallest absolute Gasteiger partial charge is 0.306 e. The Balaban J connectivity index is 0.00000151. The number of rotatable bonds is 6. The highest BCUT2D eigenvalue weighted by molar-refractivity contribution is 9.10. The highest BCUT2D eigenvalue weighted by Gasteiger charge is 2.18. The summed E-state index contributed by atoms with van der Waals surface area (Å²) in [7, 11) is 1.43. The normalized spacial score (nSPS) is 20.6. The van der Waals surface area contributed by atoms with Gasteiger partial charge in [0.2, 0.25) is 0 Å². The SMILES string of the molecule is CC.COC(=O)CC1C=C/C=C\C[C@@H](OCCc2cccc(Br)c2)C1. The first kappa shape index (κ1) is 21.7. The summed E-state index contributed by atoms with van der Waals surface area (Å²) in [6.45, 7) is 4.68. The molecular formula is C21H29BrO3. The second-order valence-corrected chi connectivity index (χ2v) is 6.61. The van der Waals surface area contributed by atoms with E-state index in [0.29, 0.717) is 13.0 Å². The minimum atomic E-state index is -0.169. The molecule has 0 heterocycles. The summed E-state index contributed by atoms with van der Waals surface area (Å²) >= 11 is 3.49. The summed E-state index contributed by atoms with van der Waals surface area (Å²) < 4.78 is 11.9. The molecule has 1 unspecified atom stereocenters. The fraction of sp³-hybridized carbons (Fsp3) is 0.476. The van der Waals surface area contributed by atoms with E-state index >= 15 is 0 Å². The lowest BCUT2D eigenvalue weighted by molar-refractivity contribution is -0.141. The predicted molar refractivity (Wildman–Crippen MR) is 107 cm³/mol. The Hall–Kier alpha value is -1.39. The van der Waals surface area contributed by atoms with Crippen molar-refractivity contribution in [2.75, 3.05) is 13.7 Å². The monoisotopic (exact) mass is 408 g/mol. The zero-order chi connectivity index (χ0) is 18.5. The van der Waals surface area contributed by atoms with Crippen molar-refractivity contribution in [2.24, 2.45) is 5.92 Å². The van der Waals surface area contributed by atoms with Crippen LogP contribution in [0.1, 0.15) is 38.7 Å². The number of carbonyl (C=O) groups excluding carboxylic acids is 1. The van der Waals surface area contributed by atoms with Crippen molar-refractivity contribution in [3.05, 3.63) is 58.6 Å². The molecule has 2 rings (SSSR count). The van der Waals surface area contributed by atoms with Crippen LogP contribution in [-0.4, -0.2) is 25.8 Å². The highest BCUT2D eigenvalue weighted by atomic mass is 79.9. The van der Waals surface area contributed by atoms with Crippen LogP contribution in [0.4, 0.5) is 0 Å². The van der Waals surface area contributed by atoms with E-state index in [1.807, 2.05) is 38.1 Å². The van der Waals surface area contributed by atoms with Gasteiger partial charge in [0.05, 0.1) is 26.2 Å². The van der Waals surface area contributed by atoms with E-state index in [1.54, 1.807) is 0 Å². The molecule has 1 aromatic carbocycles. The van der Waals surface area contributed by atoms with Crippen molar-refractivity contribution in [3.8, 4) is 0 Å². The second-order valence-electron chi connectivity index (χ2n) is 5.70. The van der Waals surface area contributed by atoms with Crippen LogP contribution in [0.5, 0.6) is 0 Å². The Morgan fingerprint density at radius 2 is 2.08 bits per heavy atom. The Bertz CT molecular complexity index is 566. The van der Waals surface area contributed by atoms with Crippen LogP contribution in [0.3, 0.4) is 0 Å². The van der Waals surface area contributed by atoms with Gasteiger partial charge in [0, 0.05) is 4.47 Å². The zero-order valence-electron chi connectivity index (χ0n) is 15.4. The molecule has 3 nitrogen and oxygen atoms in total. The first-order valence-corrected chi connectivity index (χ1v) is 9.73.